The van der Waals surface area contributed by atoms with E-state index in [4.69, 9.17) is 4.79 Å². The summed E-state index contributed by atoms with van der Waals surface area (Å²) in [4.78, 5) is 8.70. The van der Waals surface area contributed by atoms with Crippen molar-refractivity contribution in [3.8, 4) is 0 Å². The fourth-order valence-corrected chi connectivity index (χ4v) is 0. The minimum absolute atomic E-state index is 0. The molecule has 0 rings (SSSR count). The van der Waals surface area contributed by atoms with Gasteiger partial charge in [-0.15, -0.1) is 0 Å². The van der Waals surface area contributed by atoms with Crippen LogP contribution in [-0.4, -0.2) is 12.5 Å². The molecular weight excluding hydrogens is 294 g/mol. The third kappa shape index (κ3) is 10.7. The topological polar surface area (TPSA) is 17.1 Å². The number of hydrogen-bond donors (Lipinski definition) is 0. The van der Waals surface area contributed by atoms with Gasteiger partial charge in [0.05, 0.1) is 0 Å². The zero-order valence-corrected chi connectivity index (χ0v) is 5.09. The Morgan fingerprint density at radius 1 is 1.29 bits per heavy atom. The van der Waals surface area contributed by atoms with Crippen molar-refractivity contribution >= 4 is 6.29 Å². The Balaban J connectivity index is 0. The molecule has 0 fully saturated rings. The molecule has 0 aromatic rings. The van der Waals surface area contributed by atoms with E-state index in [1.54, 1.807) is 0 Å². The van der Waals surface area contributed by atoms with Crippen molar-refractivity contribution in [2.75, 3.05) is 0 Å². The van der Waals surface area contributed by atoms with Crippen LogP contribution in [-0.2, 0) is 27.2 Å². The Hall–Kier alpha value is 0.200. The second-order valence-electron chi connectivity index (χ2n) is 0.659. The molecule has 0 atom stereocenters. The predicted octanol–water partition coefficient (Wildman–Crippen LogP) is 0.745. The van der Waals surface area contributed by atoms with Crippen molar-refractivity contribution in [2.24, 2.45) is 0 Å². The Kier molecular flexibility index (Phi) is 4.73. The summed E-state index contributed by atoms with van der Waals surface area (Å²) >= 11 is 0. The van der Waals surface area contributed by atoms with E-state index in [-0.39, 0.29) is 22.4 Å². The number of aldehydes is 1. The van der Waals surface area contributed by atoms with Crippen LogP contribution in [0.1, 0.15) is 0 Å². The molecule has 0 aliphatic carbocycles. The second kappa shape index (κ2) is 3.23. The molecule has 0 N–H and O–H groups in total. The molecule has 7 heavy (non-hydrogen) atoms. The Morgan fingerprint density at radius 2 is 1.43 bits per heavy atom. The van der Waals surface area contributed by atoms with Crippen molar-refractivity contribution < 1.29 is 40.3 Å². The number of alkyl halides is 3. The van der Waals surface area contributed by atoms with E-state index in [2.05, 4.69) is 0 Å². The maximum Gasteiger partial charge on any atom is 0.446 e. The zero-order valence-electron chi connectivity index (χ0n) is 2.92. The van der Waals surface area contributed by atoms with Gasteiger partial charge in [0, 0.05) is 22.4 Å². The van der Waals surface area contributed by atoms with Gasteiger partial charge in [0.1, 0.15) is 0 Å². The predicted molar refractivity (Wildman–Crippen MR) is 12.1 cm³/mol. The van der Waals surface area contributed by atoms with E-state index >= 15 is 0 Å². The van der Waals surface area contributed by atoms with E-state index in [0.717, 1.165) is 0 Å². The fourth-order valence-electron chi connectivity index (χ4n) is 0. The van der Waals surface area contributed by atoms with Gasteiger partial charge in [0.25, 0.3) is 0 Å². The molecule has 1 radical (unpaired) electrons. The molecule has 0 aromatic carbocycles. The minimum atomic E-state index is -4.64. The molecule has 0 bridgehead atoms. The summed E-state index contributed by atoms with van der Waals surface area (Å²) in [6, 6.07) is 0. The number of rotatable bonds is 0. The molecule has 0 spiro atoms. The molecule has 0 heterocycles. The third-order valence-electron chi connectivity index (χ3n) is 0.134. The smallest absolute Gasteiger partial charge is 0.293 e. The Labute approximate surface area is 53.4 Å². The van der Waals surface area contributed by atoms with Gasteiger partial charge in [-0.05, 0) is 0 Å². The standard InChI is InChI=1S/C2HF3O.Au/c3-2(4,5)1-6;/h1H;. The van der Waals surface area contributed by atoms with Crippen LogP contribution in [0.2, 0.25) is 0 Å². The average molecular weight is 295 g/mol. The largest absolute Gasteiger partial charge is 0.446 e. The molecule has 0 saturated heterocycles. The monoisotopic (exact) mass is 295 g/mol. The molecule has 0 aliphatic rings. The Morgan fingerprint density at radius 3 is 1.43 bits per heavy atom. The number of halogens is 3. The van der Waals surface area contributed by atoms with Gasteiger partial charge in [-0.2, -0.15) is 13.2 Å². The number of carbonyl (C=O) groups excluding carboxylic acids is 1. The molecule has 0 saturated carbocycles. The van der Waals surface area contributed by atoms with Crippen molar-refractivity contribution in [1.29, 1.82) is 0 Å². The molecule has 0 unspecified atom stereocenters. The van der Waals surface area contributed by atoms with Gasteiger partial charge in [0.2, 0.25) is 6.29 Å². The van der Waals surface area contributed by atoms with E-state index in [0.29, 0.717) is 0 Å². The first kappa shape index (κ1) is 10.2. The molecule has 0 aromatic heterocycles. The first-order chi connectivity index (χ1) is 2.56. The maximum absolute atomic E-state index is 10.4. The summed E-state index contributed by atoms with van der Waals surface area (Å²) in [5.74, 6) is 0. The molecule has 5 heteroatoms. The quantitative estimate of drug-likeness (QED) is 0.476. The zero-order chi connectivity index (χ0) is 5.21. The number of hydrogen-bond acceptors (Lipinski definition) is 1. The van der Waals surface area contributed by atoms with Crippen LogP contribution in [0.5, 0.6) is 0 Å². The summed E-state index contributed by atoms with van der Waals surface area (Å²) in [6.45, 7) is 0. The molecular formula is C2HAuF3O. The van der Waals surface area contributed by atoms with Crippen molar-refractivity contribution in [3.63, 3.8) is 0 Å². The van der Waals surface area contributed by atoms with Crippen LogP contribution in [0.3, 0.4) is 0 Å². The van der Waals surface area contributed by atoms with Crippen LogP contribution in [0, 0.1) is 0 Å². The summed E-state index contributed by atoms with van der Waals surface area (Å²) in [6.07, 6.45) is -5.70. The van der Waals surface area contributed by atoms with E-state index in [9.17, 15) is 13.2 Å². The minimum Gasteiger partial charge on any atom is -0.293 e. The van der Waals surface area contributed by atoms with Crippen molar-refractivity contribution in [2.45, 2.75) is 6.18 Å². The first-order valence-electron chi connectivity index (χ1n) is 1.09. The van der Waals surface area contributed by atoms with Crippen LogP contribution < -0.4 is 0 Å². The van der Waals surface area contributed by atoms with E-state index < -0.39 is 12.5 Å². The summed E-state index contributed by atoms with van der Waals surface area (Å²) in [5, 5.41) is 0. The summed E-state index contributed by atoms with van der Waals surface area (Å²) < 4.78 is 31.2. The van der Waals surface area contributed by atoms with Gasteiger partial charge in [-0.1, -0.05) is 0 Å². The number of carbonyl (C=O) groups is 1. The van der Waals surface area contributed by atoms with Crippen LogP contribution in [0.4, 0.5) is 13.2 Å². The summed E-state index contributed by atoms with van der Waals surface area (Å²) in [7, 11) is 0. The van der Waals surface area contributed by atoms with Gasteiger partial charge < -0.3 is 0 Å². The van der Waals surface area contributed by atoms with E-state index in [1.807, 2.05) is 0 Å². The van der Waals surface area contributed by atoms with Crippen molar-refractivity contribution in [3.05, 3.63) is 0 Å². The maximum atomic E-state index is 10.4. The van der Waals surface area contributed by atoms with Gasteiger partial charge in [0.15, 0.2) is 0 Å². The van der Waals surface area contributed by atoms with Crippen molar-refractivity contribution in [1.82, 2.24) is 0 Å². The van der Waals surface area contributed by atoms with Gasteiger partial charge in [-0.25, -0.2) is 0 Å². The van der Waals surface area contributed by atoms with Gasteiger partial charge >= 0.3 is 6.18 Å². The third-order valence-corrected chi connectivity index (χ3v) is 0.134. The van der Waals surface area contributed by atoms with Gasteiger partial charge in [-0.3, -0.25) is 4.79 Å². The normalized spacial score (nSPS) is 9.57. The van der Waals surface area contributed by atoms with Crippen LogP contribution >= 0.6 is 0 Å². The average Bonchev–Trinajstić information content (AvgIpc) is 1.35. The SMILES string of the molecule is O=CC(F)(F)F.[Au]. The van der Waals surface area contributed by atoms with E-state index in [1.165, 1.54) is 0 Å². The first-order valence-corrected chi connectivity index (χ1v) is 1.09. The van der Waals surface area contributed by atoms with Crippen LogP contribution in [0.25, 0.3) is 0 Å². The fraction of sp³-hybridized carbons (Fsp3) is 0.500. The second-order valence-corrected chi connectivity index (χ2v) is 0.659. The molecule has 0 amide bonds. The molecule has 47 valence electrons. The van der Waals surface area contributed by atoms with Crippen LogP contribution in [0.15, 0.2) is 0 Å². The molecule has 1 nitrogen and oxygen atoms in total. The Bertz CT molecular complexity index is 58.4. The summed E-state index contributed by atoms with van der Waals surface area (Å²) in [5.41, 5.74) is 0. The molecule has 0 aliphatic heterocycles.